The Morgan fingerprint density at radius 2 is 2.00 bits per heavy atom. The van der Waals surface area contributed by atoms with Crippen LogP contribution in [0.15, 0.2) is 29.4 Å². The molecule has 0 aromatic heterocycles. The molecule has 0 heterocycles. The van der Waals surface area contributed by atoms with Gasteiger partial charge >= 0.3 is 0 Å². The standard InChI is InChI=1S/C10H14N2O/c1-3-13-12-8(2)9-4-6-10(11)7-5-9/h4-7H,3,11H2,1-2H3. The highest BCUT2D eigenvalue weighted by Crippen LogP contribution is 2.06. The maximum atomic E-state index is 5.56. The van der Waals surface area contributed by atoms with Crippen LogP contribution >= 0.6 is 0 Å². The average Bonchev–Trinajstić information content (AvgIpc) is 2.15. The summed E-state index contributed by atoms with van der Waals surface area (Å²) in [4.78, 5) is 4.94. The van der Waals surface area contributed by atoms with Crippen LogP contribution in [0.1, 0.15) is 19.4 Å². The zero-order chi connectivity index (χ0) is 9.68. The maximum Gasteiger partial charge on any atom is 0.114 e. The van der Waals surface area contributed by atoms with E-state index >= 15 is 0 Å². The van der Waals surface area contributed by atoms with Gasteiger partial charge in [0.1, 0.15) is 6.61 Å². The highest BCUT2D eigenvalue weighted by molar-refractivity contribution is 5.98. The summed E-state index contributed by atoms with van der Waals surface area (Å²) >= 11 is 0. The first-order valence-corrected chi connectivity index (χ1v) is 4.26. The number of nitrogens with two attached hydrogens (primary N) is 1. The predicted molar refractivity (Wildman–Crippen MR) is 54.7 cm³/mol. The van der Waals surface area contributed by atoms with Gasteiger partial charge in [0.25, 0.3) is 0 Å². The molecule has 0 fully saturated rings. The van der Waals surface area contributed by atoms with Crippen molar-refractivity contribution in [1.29, 1.82) is 0 Å². The van der Waals surface area contributed by atoms with E-state index in [0.29, 0.717) is 6.61 Å². The number of anilines is 1. The van der Waals surface area contributed by atoms with Crippen molar-refractivity contribution in [3.63, 3.8) is 0 Å². The zero-order valence-electron chi connectivity index (χ0n) is 7.95. The lowest BCUT2D eigenvalue weighted by Crippen LogP contribution is -1.96. The SMILES string of the molecule is CCON=C(C)c1ccc(N)cc1. The number of oxime groups is 1. The Morgan fingerprint density at radius 3 is 2.54 bits per heavy atom. The molecule has 3 nitrogen and oxygen atoms in total. The van der Waals surface area contributed by atoms with Crippen LogP contribution in [0.2, 0.25) is 0 Å². The van der Waals surface area contributed by atoms with Crippen molar-refractivity contribution in [1.82, 2.24) is 0 Å². The largest absolute Gasteiger partial charge is 0.399 e. The summed E-state index contributed by atoms with van der Waals surface area (Å²) in [6.45, 7) is 4.40. The van der Waals surface area contributed by atoms with E-state index < -0.39 is 0 Å². The van der Waals surface area contributed by atoms with Gasteiger partial charge in [0, 0.05) is 5.69 Å². The van der Waals surface area contributed by atoms with Gasteiger partial charge in [0.15, 0.2) is 0 Å². The van der Waals surface area contributed by atoms with Crippen molar-refractivity contribution in [2.45, 2.75) is 13.8 Å². The smallest absolute Gasteiger partial charge is 0.114 e. The second-order valence-corrected chi connectivity index (χ2v) is 2.72. The van der Waals surface area contributed by atoms with Crippen molar-refractivity contribution in [2.75, 3.05) is 12.3 Å². The van der Waals surface area contributed by atoms with Crippen molar-refractivity contribution < 1.29 is 4.84 Å². The van der Waals surface area contributed by atoms with Crippen LogP contribution in [0.3, 0.4) is 0 Å². The van der Waals surface area contributed by atoms with E-state index in [2.05, 4.69) is 5.16 Å². The molecule has 0 saturated carbocycles. The van der Waals surface area contributed by atoms with Gasteiger partial charge in [-0.3, -0.25) is 0 Å². The Labute approximate surface area is 78.2 Å². The molecule has 0 radical (unpaired) electrons. The van der Waals surface area contributed by atoms with Gasteiger partial charge in [-0.2, -0.15) is 0 Å². The monoisotopic (exact) mass is 178 g/mol. The Balaban J connectivity index is 2.77. The molecule has 13 heavy (non-hydrogen) atoms. The molecule has 0 aliphatic heterocycles. The number of benzene rings is 1. The third kappa shape index (κ3) is 2.78. The maximum absolute atomic E-state index is 5.56. The first kappa shape index (κ1) is 9.58. The van der Waals surface area contributed by atoms with Gasteiger partial charge in [-0.05, 0) is 31.5 Å². The Morgan fingerprint density at radius 1 is 1.38 bits per heavy atom. The molecule has 0 unspecified atom stereocenters. The van der Waals surface area contributed by atoms with E-state index in [4.69, 9.17) is 10.6 Å². The third-order valence-electron chi connectivity index (χ3n) is 1.66. The summed E-state index contributed by atoms with van der Waals surface area (Å²) in [6.07, 6.45) is 0. The first-order valence-electron chi connectivity index (χ1n) is 4.26. The lowest BCUT2D eigenvalue weighted by atomic mass is 10.1. The van der Waals surface area contributed by atoms with Gasteiger partial charge in [-0.25, -0.2) is 0 Å². The van der Waals surface area contributed by atoms with E-state index in [1.54, 1.807) is 0 Å². The number of nitrogen functional groups attached to an aromatic ring is 1. The minimum atomic E-state index is 0.590. The minimum Gasteiger partial charge on any atom is -0.399 e. The van der Waals surface area contributed by atoms with Gasteiger partial charge in [-0.15, -0.1) is 0 Å². The molecule has 0 atom stereocenters. The lowest BCUT2D eigenvalue weighted by Gasteiger charge is -2.00. The summed E-state index contributed by atoms with van der Waals surface area (Å²) in [5, 5.41) is 3.92. The number of hydrogen-bond donors (Lipinski definition) is 1. The number of hydrogen-bond acceptors (Lipinski definition) is 3. The van der Waals surface area contributed by atoms with Crippen molar-refractivity contribution in [2.24, 2.45) is 5.16 Å². The van der Waals surface area contributed by atoms with Gasteiger partial charge in [0.05, 0.1) is 5.71 Å². The third-order valence-corrected chi connectivity index (χ3v) is 1.66. The number of rotatable bonds is 3. The summed E-state index contributed by atoms with van der Waals surface area (Å²) in [6, 6.07) is 7.54. The van der Waals surface area contributed by atoms with E-state index in [0.717, 1.165) is 17.0 Å². The fourth-order valence-electron chi connectivity index (χ4n) is 0.938. The normalized spacial score (nSPS) is 11.4. The van der Waals surface area contributed by atoms with E-state index in [9.17, 15) is 0 Å². The van der Waals surface area contributed by atoms with E-state index in [1.165, 1.54) is 0 Å². The molecule has 70 valence electrons. The second-order valence-electron chi connectivity index (χ2n) is 2.72. The molecule has 2 N–H and O–H groups in total. The molecule has 0 amide bonds. The topological polar surface area (TPSA) is 47.6 Å². The van der Waals surface area contributed by atoms with Crippen LogP contribution in [0, 0.1) is 0 Å². The summed E-state index contributed by atoms with van der Waals surface area (Å²) in [7, 11) is 0. The molecular formula is C10H14N2O. The van der Waals surface area contributed by atoms with Crippen LogP contribution in [0.4, 0.5) is 5.69 Å². The minimum absolute atomic E-state index is 0.590. The Kier molecular flexibility index (Phi) is 3.31. The van der Waals surface area contributed by atoms with Crippen molar-refractivity contribution in [3.05, 3.63) is 29.8 Å². The summed E-state index contributed by atoms with van der Waals surface area (Å²) in [5.41, 5.74) is 8.21. The molecule has 0 bridgehead atoms. The summed E-state index contributed by atoms with van der Waals surface area (Å²) in [5.74, 6) is 0. The Bertz CT molecular complexity index is 290. The van der Waals surface area contributed by atoms with Crippen LogP contribution in [0.25, 0.3) is 0 Å². The molecule has 1 aromatic carbocycles. The Hall–Kier alpha value is -1.51. The fraction of sp³-hybridized carbons (Fsp3) is 0.300. The molecule has 1 aromatic rings. The predicted octanol–water partition coefficient (Wildman–Crippen LogP) is 2.03. The van der Waals surface area contributed by atoms with Gasteiger partial charge in [-0.1, -0.05) is 17.3 Å². The molecular weight excluding hydrogens is 164 g/mol. The molecule has 0 saturated heterocycles. The van der Waals surface area contributed by atoms with Crippen molar-refractivity contribution in [3.8, 4) is 0 Å². The molecule has 0 aliphatic rings. The quantitative estimate of drug-likeness (QED) is 0.437. The number of nitrogens with zero attached hydrogens (tertiary/aromatic N) is 1. The lowest BCUT2D eigenvalue weighted by molar-refractivity contribution is 0.159. The first-order chi connectivity index (χ1) is 6.24. The van der Waals surface area contributed by atoms with Crippen LogP contribution < -0.4 is 5.73 Å². The van der Waals surface area contributed by atoms with Crippen molar-refractivity contribution >= 4 is 11.4 Å². The average molecular weight is 178 g/mol. The second kappa shape index (κ2) is 4.50. The van der Waals surface area contributed by atoms with Crippen LogP contribution in [0.5, 0.6) is 0 Å². The van der Waals surface area contributed by atoms with Crippen LogP contribution in [-0.4, -0.2) is 12.3 Å². The zero-order valence-corrected chi connectivity index (χ0v) is 7.95. The molecule has 3 heteroatoms. The highest BCUT2D eigenvalue weighted by Gasteiger charge is 1.96. The molecule has 1 rings (SSSR count). The highest BCUT2D eigenvalue weighted by atomic mass is 16.6. The van der Waals surface area contributed by atoms with Gasteiger partial charge in [0.2, 0.25) is 0 Å². The summed E-state index contributed by atoms with van der Waals surface area (Å²) < 4.78 is 0. The van der Waals surface area contributed by atoms with E-state index in [-0.39, 0.29) is 0 Å². The van der Waals surface area contributed by atoms with Crippen LogP contribution in [-0.2, 0) is 4.84 Å². The fourth-order valence-corrected chi connectivity index (χ4v) is 0.938. The van der Waals surface area contributed by atoms with E-state index in [1.807, 2.05) is 38.1 Å². The molecule has 0 spiro atoms. The van der Waals surface area contributed by atoms with Gasteiger partial charge < -0.3 is 10.6 Å². The molecule has 0 aliphatic carbocycles.